The van der Waals surface area contributed by atoms with Crippen LogP contribution in [0.15, 0.2) is 59.6 Å². The van der Waals surface area contributed by atoms with Gasteiger partial charge in [-0.05, 0) is 11.6 Å². The Kier molecular flexibility index (Phi) is 5.85. The predicted octanol–water partition coefficient (Wildman–Crippen LogP) is 1.21. The molecule has 1 aromatic carbocycles. The molecule has 2 aromatic heterocycles. The third kappa shape index (κ3) is 4.26. The number of hydrogen-bond acceptors (Lipinski definition) is 8. The first-order chi connectivity index (χ1) is 13.6. The van der Waals surface area contributed by atoms with Gasteiger partial charge in [-0.3, -0.25) is 9.59 Å². The highest BCUT2D eigenvalue weighted by Crippen LogP contribution is 2.21. The lowest BCUT2D eigenvalue weighted by atomic mass is 10.0. The van der Waals surface area contributed by atoms with Gasteiger partial charge in [0.05, 0.1) is 13.3 Å². The van der Waals surface area contributed by atoms with Crippen molar-refractivity contribution in [3.63, 3.8) is 0 Å². The second kappa shape index (κ2) is 8.67. The lowest BCUT2D eigenvalue weighted by molar-refractivity contribution is -0.152. The third-order valence-corrected chi connectivity index (χ3v) is 3.92. The van der Waals surface area contributed by atoms with Gasteiger partial charge in [0.2, 0.25) is 0 Å². The quantitative estimate of drug-likeness (QED) is 0.479. The molecule has 0 aliphatic heterocycles. The molecule has 3 aromatic rings. The van der Waals surface area contributed by atoms with Gasteiger partial charge in [0, 0.05) is 12.6 Å². The van der Waals surface area contributed by atoms with Crippen molar-refractivity contribution in [2.24, 2.45) is 0 Å². The zero-order valence-electron chi connectivity index (χ0n) is 14.9. The molecule has 3 rings (SSSR count). The summed E-state index contributed by atoms with van der Waals surface area (Å²) in [5.74, 6) is -2.40. The van der Waals surface area contributed by atoms with Crippen molar-refractivity contribution in [1.82, 2.24) is 20.4 Å². The van der Waals surface area contributed by atoms with Gasteiger partial charge < -0.3 is 14.6 Å². The number of aromatic nitrogens is 3. The Morgan fingerprint density at radius 1 is 1.18 bits per heavy atom. The number of nitrogens with zero attached hydrogens (tertiary/aromatic N) is 3. The summed E-state index contributed by atoms with van der Waals surface area (Å²) in [7, 11) is 1.11. The van der Waals surface area contributed by atoms with Crippen LogP contribution in [0.25, 0.3) is 11.5 Å². The molecule has 0 saturated heterocycles. The molecule has 0 aliphatic rings. The number of ketones is 1. The molecule has 1 atom stereocenters. The Morgan fingerprint density at radius 3 is 2.64 bits per heavy atom. The summed E-state index contributed by atoms with van der Waals surface area (Å²) in [5.41, 5.74) is 1.21. The number of hydrogen-bond donors (Lipinski definition) is 1. The van der Waals surface area contributed by atoms with E-state index in [1.54, 1.807) is 30.3 Å². The highest BCUT2D eigenvalue weighted by molar-refractivity contribution is 6.36. The summed E-state index contributed by atoms with van der Waals surface area (Å²) in [6.45, 7) is 0. The lowest BCUT2D eigenvalue weighted by Crippen LogP contribution is -2.45. The molecule has 0 fully saturated rings. The number of carbonyl (C=O) groups excluding carboxylic acids is 3. The SMILES string of the molecule is COC(=O)C(=O)C(Cc1ccccc1)NC(=O)c1cnoc1-c1ccncn1. The summed E-state index contributed by atoms with van der Waals surface area (Å²) in [4.78, 5) is 44.7. The first-order valence-corrected chi connectivity index (χ1v) is 8.28. The molecule has 28 heavy (non-hydrogen) atoms. The van der Waals surface area contributed by atoms with Gasteiger partial charge in [-0.1, -0.05) is 35.5 Å². The second-order valence-electron chi connectivity index (χ2n) is 5.73. The summed E-state index contributed by atoms with van der Waals surface area (Å²) >= 11 is 0. The fraction of sp³-hybridized carbons (Fsp3) is 0.158. The molecular weight excluding hydrogens is 364 g/mol. The van der Waals surface area contributed by atoms with Crippen molar-refractivity contribution in [2.75, 3.05) is 7.11 Å². The third-order valence-electron chi connectivity index (χ3n) is 3.92. The highest BCUT2D eigenvalue weighted by Gasteiger charge is 2.30. The molecule has 0 radical (unpaired) electrons. The highest BCUT2D eigenvalue weighted by atomic mass is 16.5. The molecule has 9 nitrogen and oxygen atoms in total. The maximum absolute atomic E-state index is 12.8. The zero-order valence-corrected chi connectivity index (χ0v) is 14.9. The molecule has 0 spiro atoms. The van der Waals surface area contributed by atoms with Gasteiger partial charge in [-0.15, -0.1) is 0 Å². The Bertz CT molecular complexity index is 972. The lowest BCUT2D eigenvalue weighted by Gasteiger charge is -2.16. The van der Waals surface area contributed by atoms with Crippen molar-refractivity contribution < 1.29 is 23.6 Å². The number of ether oxygens (including phenoxy) is 1. The van der Waals surface area contributed by atoms with Crippen molar-refractivity contribution in [3.8, 4) is 11.5 Å². The predicted molar refractivity (Wildman–Crippen MR) is 96.0 cm³/mol. The molecule has 1 amide bonds. The van der Waals surface area contributed by atoms with E-state index in [-0.39, 0.29) is 17.7 Å². The van der Waals surface area contributed by atoms with Crippen LogP contribution < -0.4 is 5.32 Å². The molecule has 0 saturated carbocycles. The Morgan fingerprint density at radius 2 is 1.96 bits per heavy atom. The van der Waals surface area contributed by atoms with Crippen LogP contribution in [0.2, 0.25) is 0 Å². The Balaban J connectivity index is 1.85. The van der Waals surface area contributed by atoms with Crippen molar-refractivity contribution >= 4 is 17.7 Å². The summed E-state index contributed by atoms with van der Waals surface area (Å²) in [5, 5.41) is 6.19. The van der Waals surface area contributed by atoms with Crippen LogP contribution >= 0.6 is 0 Å². The number of nitrogens with one attached hydrogen (secondary N) is 1. The van der Waals surface area contributed by atoms with E-state index in [0.717, 1.165) is 12.7 Å². The number of rotatable bonds is 7. The first kappa shape index (κ1) is 18.9. The Hall–Kier alpha value is -3.88. The van der Waals surface area contributed by atoms with E-state index in [9.17, 15) is 14.4 Å². The number of carbonyl (C=O) groups is 3. The summed E-state index contributed by atoms with van der Waals surface area (Å²) in [6.07, 6.45) is 4.13. The topological polar surface area (TPSA) is 124 Å². The average molecular weight is 380 g/mol. The van der Waals surface area contributed by atoms with Crippen molar-refractivity contribution in [1.29, 1.82) is 0 Å². The van der Waals surface area contributed by atoms with E-state index in [0.29, 0.717) is 5.69 Å². The molecule has 1 N–H and O–H groups in total. The van der Waals surface area contributed by atoms with Crippen molar-refractivity contribution in [2.45, 2.75) is 12.5 Å². The number of amides is 1. The molecule has 142 valence electrons. The van der Waals surface area contributed by atoms with Gasteiger partial charge in [0.25, 0.3) is 11.7 Å². The van der Waals surface area contributed by atoms with E-state index in [1.807, 2.05) is 6.07 Å². The normalized spacial score (nSPS) is 11.5. The van der Waals surface area contributed by atoms with Gasteiger partial charge in [-0.2, -0.15) is 0 Å². The largest absolute Gasteiger partial charge is 0.463 e. The van der Waals surface area contributed by atoms with E-state index in [4.69, 9.17) is 4.52 Å². The van der Waals surface area contributed by atoms with Gasteiger partial charge in [0.1, 0.15) is 23.6 Å². The fourth-order valence-corrected chi connectivity index (χ4v) is 2.55. The van der Waals surface area contributed by atoms with E-state index in [1.165, 1.54) is 18.7 Å². The molecule has 9 heteroatoms. The van der Waals surface area contributed by atoms with E-state index in [2.05, 4.69) is 25.2 Å². The fourth-order valence-electron chi connectivity index (χ4n) is 2.55. The van der Waals surface area contributed by atoms with Gasteiger partial charge in [-0.25, -0.2) is 14.8 Å². The first-order valence-electron chi connectivity index (χ1n) is 8.28. The second-order valence-corrected chi connectivity index (χ2v) is 5.73. The van der Waals surface area contributed by atoms with E-state index < -0.39 is 23.7 Å². The van der Waals surface area contributed by atoms with Crippen LogP contribution in [0.5, 0.6) is 0 Å². The Labute approximate surface area is 159 Å². The molecule has 0 aliphatic carbocycles. The van der Waals surface area contributed by atoms with E-state index >= 15 is 0 Å². The summed E-state index contributed by atoms with van der Waals surface area (Å²) in [6, 6.07) is 9.43. The number of methoxy groups -OCH3 is 1. The van der Waals surface area contributed by atoms with Crippen LogP contribution in [0.4, 0.5) is 0 Å². The van der Waals surface area contributed by atoms with Crippen LogP contribution in [-0.4, -0.2) is 45.9 Å². The summed E-state index contributed by atoms with van der Waals surface area (Å²) < 4.78 is 9.63. The molecule has 0 bridgehead atoms. The zero-order chi connectivity index (χ0) is 19.9. The van der Waals surface area contributed by atoms with Gasteiger partial charge in [0.15, 0.2) is 5.76 Å². The standard InChI is InChI=1S/C19H16N4O5/c1-27-19(26)16(24)15(9-12-5-3-2-4-6-12)23-18(25)13-10-22-28-17(13)14-7-8-20-11-21-14/h2-8,10-11,15H,9H2,1H3,(H,23,25). The van der Waals surface area contributed by atoms with Crippen LogP contribution in [0.1, 0.15) is 15.9 Å². The van der Waals surface area contributed by atoms with Crippen LogP contribution in [0.3, 0.4) is 0 Å². The minimum atomic E-state index is -1.12. The maximum atomic E-state index is 12.8. The number of benzene rings is 1. The smallest absolute Gasteiger partial charge is 0.376 e. The molecule has 2 heterocycles. The number of Topliss-reactive ketones (excluding diaryl/α,β-unsaturated/α-hetero) is 1. The van der Waals surface area contributed by atoms with Crippen molar-refractivity contribution in [3.05, 3.63) is 66.2 Å². The minimum absolute atomic E-state index is 0.0782. The van der Waals surface area contributed by atoms with Crippen LogP contribution in [-0.2, 0) is 20.7 Å². The maximum Gasteiger partial charge on any atom is 0.376 e. The average Bonchev–Trinajstić information content (AvgIpc) is 3.23. The van der Waals surface area contributed by atoms with Gasteiger partial charge >= 0.3 is 5.97 Å². The number of esters is 1. The van der Waals surface area contributed by atoms with Crippen LogP contribution in [0, 0.1) is 0 Å². The molecular formula is C19H16N4O5. The molecule has 1 unspecified atom stereocenters. The minimum Gasteiger partial charge on any atom is -0.463 e. The monoisotopic (exact) mass is 380 g/mol.